The van der Waals surface area contributed by atoms with Crippen molar-refractivity contribution in [1.82, 2.24) is 9.97 Å². The van der Waals surface area contributed by atoms with Crippen molar-refractivity contribution in [3.8, 4) is 17.0 Å². The average Bonchev–Trinajstić information content (AvgIpc) is 3.12. The zero-order valence-electron chi connectivity index (χ0n) is 11.1. The Bertz CT molecular complexity index is 867. The summed E-state index contributed by atoms with van der Waals surface area (Å²) in [4.78, 5) is 18.1. The number of fused-ring (bicyclic) bond motifs is 2. The second kappa shape index (κ2) is 4.34. The number of hydrogen-bond acceptors (Lipinski definition) is 3. The molecule has 0 fully saturated rings. The van der Waals surface area contributed by atoms with Gasteiger partial charge in [-0.3, -0.25) is 0 Å². The second-order valence-corrected chi connectivity index (χ2v) is 5.03. The molecule has 0 spiro atoms. The first-order valence-corrected chi connectivity index (χ1v) is 6.69. The Morgan fingerprint density at radius 1 is 1.29 bits per heavy atom. The smallest absolute Gasteiger partial charge is 0.352 e. The van der Waals surface area contributed by atoms with Gasteiger partial charge in [0.25, 0.3) is 0 Å². The molecule has 4 rings (SSSR count). The molecule has 0 bridgehead atoms. The third kappa shape index (κ3) is 1.86. The maximum absolute atomic E-state index is 11.0. The van der Waals surface area contributed by atoms with Crippen molar-refractivity contribution in [3.05, 3.63) is 47.8 Å². The molecule has 0 unspecified atom stereocenters. The first-order valence-electron chi connectivity index (χ1n) is 6.69. The molecule has 0 radical (unpaired) electrons. The molecule has 0 saturated carbocycles. The van der Waals surface area contributed by atoms with Gasteiger partial charge >= 0.3 is 5.97 Å². The summed E-state index contributed by atoms with van der Waals surface area (Å²) < 4.78 is 5.49. The van der Waals surface area contributed by atoms with Gasteiger partial charge in [0.15, 0.2) is 0 Å². The number of aromatic carboxylic acids is 1. The molecule has 5 heteroatoms. The Morgan fingerprint density at radius 2 is 2.19 bits per heavy atom. The van der Waals surface area contributed by atoms with Crippen LogP contribution >= 0.6 is 0 Å². The summed E-state index contributed by atoms with van der Waals surface area (Å²) in [6.45, 7) is 0.662. The second-order valence-electron chi connectivity index (χ2n) is 5.03. The van der Waals surface area contributed by atoms with E-state index in [1.807, 2.05) is 24.3 Å². The molecule has 0 saturated heterocycles. The number of benzene rings is 1. The highest BCUT2D eigenvalue weighted by Gasteiger charge is 2.18. The van der Waals surface area contributed by atoms with Crippen LogP contribution in [-0.2, 0) is 6.42 Å². The van der Waals surface area contributed by atoms with Gasteiger partial charge in [-0.2, -0.15) is 0 Å². The van der Waals surface area contributed by atoms with Crippen molar-refractivity contribution in [1.29, 1.82) is 0 Å². The lowest BCUT2D eigenvalue weighted by atomic mass is 9.99. The summed E-state index contributed by atoms with van der Waals surface area (Å²) in [6, 6.07) is 9.50. The topological polar surface area (TPSA) is 75.2 Å². The van der Waals surface area contributed by atoms with Crippen molar-refractivity contribution in [2.45, 2.75) is 6.42 Å². The van der Waals surface area contributed by atoms with E-state index in [4.69, 9.17) is 9.84 Å². The third-order valence-electron chi connectivity index (χ3n) is 3.77. The van der Waals surface area contributed by atoms with Gasteiger partial charge in [-0.15, -0.1) is 0 Å². The molecular weight excluding hydrogens is 268 g/mol. The Labute approximate surface area is 120 Å². The lowest BCUT2D eigenvalue weighted by molar-refractivity contribution is 0.0691. The molecule has 2 N–H and O–H groups in total. The lowest BCUT2D eigenvalue weighted by Gasteiger charge is -2.06. The van der Waals surface area contributed by atoms with Crippen molar-refractivity contribution in [2.75, 3.05) is 6.61 Å². The monoisotopic (exact) mass is 280 g/mol. The van der Waals surface area contributed by atoms with E-state index in [9.17, 15) is 4.79 Å². The number of H-pyrrole nitrogens is 1. The number of hydrogen-bond donors (Lipinski definition) is 2. The predicted molar refractivity (Wildman–Crippen MR) is 77.7 cm³/mol. The minimum Gasteiger partial charge on any atom is -0.477 e. The van der Waals surface area contributed by atoms with E-state index in [0.717, 1.165) is 34.0 Å². The minimum atomic E-state index is -0.953. The Kier molecular flexibility index (Phi) is 2.47. The number of nitrogens with zero attached hydrogens (tertiary/aromatic N) is 1. The zero-order chi connectivity index (χ0) is 14.4. The fourth-order valence-electron chi connectivity index (χ4n) is 2.77. The molecule has 104 valence electrons. The van der Waals surface area contributed by atoms with Gasteiger partial charge in [0.1, 0.15) is 5.69 Å². The van der Waals surface area contributed by atoms with Crippen LogP contribution in [0.2, 0.25) is 0 Å². The summed E-state index contributed by atoms with van der Waals surface area (Å²) in [5.74, 6) is -0.251. The van der Waals surface area contributed by atoms with E-state index in [-0.39, 0.29) is 5.69 Å². The maximum atomic E-state index is 11.0. The van der Waals surface area contributed by atoms with Crippen molar-refractivity contribution >= 4 is 16.9 Å². The van der Waals surface area contributed by atoms with E-state index in [2.05, 4.69) is 9.97 Å². The fraction of sp³-hybridized carbons (Fsp3) is 0.125. The number of carbonyl (C=O) groups is 1. The number of aromatic nitrogens is 2. The van der Waals surface area contributed by atoms with Gasteiger partial charge in [0, 0.05) is 29.1 Å². The van der Waals surface area contributed by atoms with Crippen molar-refractivity contribution < 1.29 is 14.6 Å². The molecule has 0 atom stereocenters. The minimum absolute atomic E-state index is 0.199. The van der Waals surface area contributed by atoms with E-state index in [1.165, 1.54) is 0 Å². The molecule has 1 aromatic carbocycles. The molecule has 21 heavy (non-hydrogen) atoms. The van der Waals surface area contributed by atoms with Crippen molar-refractivity contribution in [3.63, 3.8) is 0 Å². The Morgan fingerprint density at radius 3 is 3.05 bits per heavy atom. The van der Waals surface area contributed by atoms with Crippen LogP contribution < -0.4 is 4.74 Å². The largest absolute Gasteiger partial charge is 0.477 e. The first-order chi connectivity index (χ1) is 10.2. The quantitative estimate of drug-likeness (QED) is 0.757. The number of ether oxygens (including phenoxy) is 1. The number of pyridine rings is 1. The number of carboxylic acids is 1. The van der Waals surface area contributed by atoms with Crippen LogP contribution in [0.4, 0.5) is 0 Å². The molecule has 3 aromatic rings. The number of rotatable bonds is 2. The van der Waals surface area contributed by atoms with Crippen molar-refractivity contribution in [2.24, 2.45) is 0 Å². The SMILES string of the molecule is O=C(O)c1cc2cc(-c3ccnc4c3CCO4)ccc2[nH]1. The van der Waals surface area contributed by atoms with Gasteiger partial charge in [0.05, 0.1) is 6.61 Å². The molecular formula is C16H12N2O3. The van der Waals surface area contributed by atoms with Gasteiger partial charge in [-0.1, -0.05) is 6.07 Å². The molecule has 1 aliphatic heterocycles. The summed E-state index contributed by atoms with van der Waals surface area (Å²) in [5, 5.41) is 9.93. The number of nitrogens with one attached hydrogen (secondary N) is 1. The summed E-state index contributed by atoms with van der Waals surface area (Å²) in [7, 11) is 0. The Balaban J connectivity index is 1.88. The van der Waals surface area contributed by atoms with E-state index < -0.39 is 5.97 Å². The molecule has 0 aliphatic carbocycles. The summed E-state index contributed by atoms with van der Waals surface area (Å²) in [5.41, 5.74) is 4.27. The lowest BCUT2D eigenvalue weighted by Crippen LogP contribution is -1.94. The predicted octanol–water partition coefficient (Wildman–Crippen LogP) is 2.86. The van der Waals surface area contributed by atoms with E-state index in [0.29, 0.717) is 12.5 Å². The molecule has 3 heterocycles. The molecule has 0 amide bonds. The highest BCUT2D eigenvalue weighted by molar-refractivity contribution is 5.95. The van der Waals surface area contributed by atoms with Crippen LogP contribution in [0.1, 0.15) is 16.1 Å². The molecule has 2 aromatic heterocycles. The molecule has 1 aliphatic rings. The van der Waals surface area contributed by atoms with Crippen LogP contribution in [0, 0.1) is 0 Å². The standard InChI is InChI=1S/C16H12N2O3/c19-16(20)14-8-10-7-9(1-2-13(10)18-14)11-3-5-17-15-12(11)4-6-21-15/h1-3,5,7-8,18H,4,6H2,(H,19,20). The van der Waals surface area contributed by atoms with Crippen LogP contribution in [0.3, 0.4) is 0 Å². The summed E-state index contributed by atoms with van der Waals surface area (Å²) >= 11 is 0. The average molecular weight is 280 g/mol. The zero-order valence-corrected chi connectivity index (χ0v) is 11.1. The van der Waals surface area contributed by atoms with Gasteiger partial charge in [-0.05, 0) is 35.4 Å². The summed E-state index contributed by atoms with van der Waals surface area (Å²) in [6.07, 6.45) is 2.59. The van der Waals surface area contributed by atoms with Gasteiger partial charge in [0.2, 0.25) is 5.88 Å². The van der Waals surface area contributed by atoms with Crippen LogP contribution in [-0.4, -0.2) is 27.7 Å². The van der Waals surface area contributed by atoms with Gasteiger partial charge < -0.3 is 14.8 Å². The van der Waals surface area contributed by atoms with Gasteiger partial charge in [-0.25, -0.2) is 9.78 Å². The number of aromatic amines is 1. The van der Waals surface area contributed by atoms with Crippen LogP contribution in [0.5, 0.6) is 5.88 Å². The third-order valence-corrected chi connectivity index (χ3v) is 3.77. The first kappa shape index (κ1) is 12.0. The Hall–Kier alpha value is -2.82. The normalized spacial score (nSPS) is 13.1. The van der Waals surface area contributed by atoms with E-state index in [1.54, 1.807) is 12.3 Å². The fourth-order valence-corrected chi connectivity index (χ4v) is 2.77. The van der Waals surface area contributed by atoms with Crippen LogP contribution in [0.15, 0.2) is 36.5 Å². The van der Waals surface area contributed by atoms with Crippen LogP contribution in [0.25, 0.3) is 22.0 Å². The highest BCUT2D eigenvalue weighted by atomic mass is 16.5. The molecule has 5 nitrogen and oxygen atoms in total. The maximum Gasteiger partial charge on any atom is 0.352 e. The van der Waals surface area contributed by atoms with E-state index >= 15 is 0 Å². The number of carboxylic acid groups (broad SMARTS) is 1. The highest BCUT2D eigenvalue weighted by Crippen LogP contribution is 2.34.